The first kappa shape index (κ1) is 33.0. The Hall–Kier alpha value is -1.42. The molecule has 43 heavy (non-hydrogen) atoms. The van der Waals surface area contributed by atoms with Crippen LogP contribution in [0.2, 0.25) is 0 Å². The molecule has 8 fully saturated rings. The van der Waals surface area contributed by atoms with Gasteiger partial charge in [0.25, 0.3) is 0 Å². The number of rotatable bonds is 8. The minimum Gasteiger partial charge on any atom is -0.464 e. The van der Waals surface area contributed by atoms with Crippen LogP contribution in [0, 0.1) is 50.7 Å². The summed E-state index contributed by atoms with van der Waals surface area (Å²) in [6.45, 7) is 4.96. The van der Waals surface area contributed by atoms with Gasteiger partial charge in [0.15, 0.2) is 5.41 Å². The van der Waals surface area contributed by atoms with Gasteiger partial charge in [-0.1, -0.05) is 0 Å². The molecule has 0 amide bonds. The lowest BCUT2D eigenvalue weighted by atomic mass is 9.44. The van der Waals surface area contributed by atoms with Crippen molar-refractivity contribution in [2.45, 2.75) is 117 Å². The standard InChI is InChI=1S/C17H25F3O3.C16H25FO3/c1-14(2,17(18,19)20)13(22)23-10-16-6-11-3-12(7-16)5-15(4-11,8-16)9-21;1-14(2,17)13(19)20-10-16-6-11-3-12(7-16)5-15(4-11,8-16)9-18/h11-12,21H,3-10H2,1-2H3;11-12,18H,3-10H2,1-2H3. The van der Waals surface area contributed by atoms with Gasteiger partial charge < -0.3 is 19.7 Å². The van der Waals surface area contributed by atoms with E-state index in [0.29, 0.717) is 30.3 Å². The number of aliphatic hydroxyl groups excluding tert-OH is 2. The number of carbonyl (C=O) groups is 2. The summed E-state index contributed by atoms with van der Waals surface area (Å²) >= 11 is 0. The van der Waals surface area contributed by atoms with Crippen LogP contribution in [-0.4, -0.2) is 60.4 Å². The predicted octanol–water partition coefficient (Wildman–Crippen LogP) is 6.55. The van der Waals surface area contributed by atoms with Crippen molar-refractivity contribution in [1.29, 1.82) is 0 Å². The third-order valence-corrected chi connectivity index (χ3v) is 12.0. The van der Waals surface area contributed by atoms with Crippen molar-refractivity contribution in [2.75, 3.05) is 26.4 Å². The van der Waals surface area contributed by atoms with Crippen molar-refractivity contribution in [3.05, 3.63) is 0 Å². The summed E-state index contributed by atoms with van der Waals surface area (Å²) in [7, 11) is 0. The van der Waals surface area contributed by atoms with E-state index in [2.05, 4.69) is 0 Å². The molecule has 8 aliphatic rings. The highest BCUT2D eigenvalue weighted by molar-refractivity contribution is 5.78. The molecule has 4 unspecified atom stereocenters. The number of hydrogen-bond donors (Lipinski definition) is 2. The van der Waals surface area contributed by atoms with Crippen molar-refractivity contribution in [1.82, 2.24) is 0 Å². The van der Waals surface area contributed by atoms with Gasteiger partial charge in [-0.05, 0) is 139 Å². The van der Waals surface area contributed by atoms with Crippen LogP contribution in [-0.2, 0) is 19.1 Å². The van der Waals surface area contributed by atoms with E-state index in [0.717, 1.165) is 84.5 Å². The van der Waals surface area contributed by atoms with Crippen LogP contribution >= 0.6 is 0 Å². The van der Waals surface area contributed by atoms with Crippen molar-refractivity contribution in [3.63, 3.8) is 0 Å². The second kappa shape index (κ2) is 10.8. The molecule has 0 heterocycles. The molecule has 0 aromatic heterocycles. The van der Waals surface area contributed by atoms with Gasteiger partial charge in [0, 0.05) is 24.0 Å². The Balaban J connectivity index is 0.000000173. The molecular weight excluding hydrogens is 568 g/mol. The van der Waals surface area contributed by atoms with Gasteiger partial charge >= 0.3 is 18.1 Å². The molecule has 2 N–H and O–H groups in total. The zero-order valence-corrected chi connectivity index (χ0v) is 26.2. The lowest BCUT2D eigenvalue weighted by Gasteiger charge is -2.61. The Bertz CT molecular complexity index is 1050. The fraction of sp³-hybridized carbons (Fsp3) is 0.939. The smallest absolute Gasteiger partial charge is 0.404 e. The van der Waals surface area contributed by atoms with Gasteiger partial charge in [-0.25, -0.2) is 9.18 Å². The molecule has 0 aliphatic heterocycles. The van der Waals surface area contributed by atoms with E-state index < -0.39 is 29.2 Å². The molecule has 0 aromatic rings. The maximum absolute atomic E-state index is 13.6. The van der Waals surface area contributed by atoms with Crippen LogP contribution in [0.15, 0.2) is 0 Å². The van der Waals surface area contributed by atoms with E-state index >= 15 is 0 Å². The Morgan fingerprint density at radius 3 is 1.26 bits per heavy atom. The van der Waals surface area contributed by atoms with E-state index in [1.165, 1.54) is 20.3 Å². The Kier molecular flexibility index (Phi) is 8.31. The molecule has 8 rings (SSSR count). The largest absolute Gasteiger partial charge is 0.464 e. The van der Waals surface area contributed by atoms with Gasteiger partial charge in [-0.3, -0.25) is 4.79 Å². The van der Waals surface area contributed by atoms with Crippen LogP contribution in [0.1, 0.15) is 105 Å². The summed E-state index contributed by atoms with van der Waals surface area (Å²) < 4.78 is 62.9. The van der Waals surface area contributed by atoms with E-state index in [1.807, 2.05) is 0 Å². The average Bonchev–Trinajstić information content (AvgIpc) is 2.88. The van der Waals surface area contributed by atoms with Gasteiger partial charge in [0.2, 0.25) is 5.67 Å². The van der Waals surface area contributed by atoms with Gasteiger partial charge in [-0.2, -0.15) is 13.2 Å². The Labute approximate surface area is 252 Å². The van der Waals surface area contributed by atoms with Crippen LogP contribution in [0.25, 0.3) is 0 Å². The molecule has 0 saturated heterocycles. The fourth-order valence-corrected chi connectivity index (χ4v) is 10.9. The summed E-state index contributed by atoms with van der Waals surface area (Å²) in [6.07, 6.45) is 7.69. The zero-order chi connectivity index (χ0) is 31.7. The molecule has 0 spiro atoms. The molecule has 4 atom stereocenters. The predicted molar refractivity (Wildman–Crippen MR) is 150 cm³/mol. The van der Waals surface area contributed by atoms with Crippen LogP contribution < -0.4 is 0 Å². The van der Waals surface area contributed by atoms with E-state index in [1.54, 1.807) is 0 Å². The molecule has 0 radical (unpaired) electrons. The first-order valence-corrected chi connectivity index (χ1v) is 16.1. The Morgan fingerprint density at radius 1 is 0.628 bits per heavy atom. The summed E-state index contributed by atoms with van der Waals surface area (Å²) in [5.74, 6) is 0.376. The van der Waals surface area contributed by atoms with E-state index in [-0.39, 0.29) is 41.5 Å². The first-order valence-electron chi connectivity index (χ1n) is 16.1. The van der Waals surface area contributed by atoms with Crippen molar-refractivity contribution >= 4 is 11.9 Å². The van der Waals surface area contributed by atoms with Crippen LogP contribution in [0.4, 0.5) is 17.6 Å². The lowest BCUT2D eigenvalue weighted by molar-refractivity contribution is -0.230. The molecule has 0 aromatic carbocycles. The van der Waals surface area contributed by atoms with E-state index in [9.17, 15) is 37.4 Å². The third-order valence-electron chi connectivity index (χ3n) is 12.0. The quantitative estimate of drug-likeness (QED) is 0.237. The van der Waals surface area contributed by atoms with Crippen LogP contribution in [0.5, 0.6) is 0 Å². The molecule has 8 saturated carbocycles. The fourth-order valence-electron chi connectivity index (χ4n) is 10.9. The highest BCUT2D eigenvalue weighted by atomic mass is 19.4. The second-order valence-electron chi connectivity index (χ2n) is 17.0. The lowest BCUT2D eigenvalue weighted by Crippen LogP contribution is -2.55. The summed E-state index contributed by atoms with van der Waals surface area (Å²) in [5, 5.41) is 19.6. The van der Waals surface area contributed by atoms with Gasteiger partial charge in [0.1, 0.15) is 0 Å². The number of halogens is 4. The van der Waals surface area contributed by atoms with Crippen molar-refractivity contribution in [2.24, 2.45) is 50.7 Å². The highest BCUT2D eigenvalue weighted by Gasteiger charge is 2.60. The first-order chi connectivity index (χ1) is 19.8. The second-order valence-corrected chi connectivity index (χ2v) is 17.0. The summed E-state index contributed by atoms with van der Waals surface area (Å²) in [6, 6.07) is 0. The molecular formula is C33H50F4O6. The number of ether oxygens (including phenoxy) is 2. The van der Waals surface area contributed by atoms with Gasteiger partial charge in [-0.15, -0.1) is 0 Å². The highest BCUT2D eigenvalue weighted by Crippen LogP contribution is 2.66. The maximum atomic E-state index is 13.6. The van der Waals surface area contributed by atoms with Crippen molar-refractivity contribution < 1.29 is 46.8 Å². The van der Waals surface area contributed by atoms with Gasteiger partial charge in [0.05, 0.1) is 13.2 Å². The number of hydrogen-bond acceptors (Lipinski definition) is 6. The summed E-state index contributed by atoms with van der Waals surface area (Å²) in [4.78, 5) is 23.6. The number of esters is 2. The number of carbonyl (C=O) groups excluding carboxylic acids is 2. The molecule has 246 valence electrons. The zero-order valence-electron chi connectivity index (χ0n) is 26.2. The number of aliphatic hydroxyl groups is 2. The third kappa shape index (κ3) is 6.34. The van der Waals surface area contributed by atoms with Crippen molar-refractivity contribution in [3.8, 4) is 0 Å². The molecule has 6 nitrogen and oxygen atoms in total. The molecule has 8 aliphatic carbocycles. The molecule has 8 bridgehead atoms. The monoisotopic (exact) mass is 618 g/mol. The summed E-state index contributed by atoms with van der Waals surface area (Å²) in [5.41, 5.74) is -4.70. The maximum Gasteiger partial charge on any atom is 0.404 e. The van der Waals surface area contributed by atoms with Crippen LogP contribution in [0.3, 0.4) is 0 Å². The Morgan fingerprint density at radius 2 is 0.953 bits per heavy atom. The minimum absolute atomic E-state index is 0.00623. The average molecular weight is 619 g/mol. The number of alkyl halides is 4. The topological polar surface area (TPSA) is 93.1 Å². The molecule has 10 heteroatoms. The minimum atomic E-state index is -4.61. The SMILES string of the molecule is CC(C)(C(=O)OCC12CC3CC(CC(CO)(C3)C1)C2)C(F)(F)F.CC(C)(F)C(=O)OCC12CC3CC(CC(CO)(C3)C1)C2. The normalized spacial score (nSPS) is 41.1. The van der Waals surface area contributed by atoms with E-state index in [4.69, 9.17) is 9.47 Å².